The summed E-state index contributed by atoms with van der Waals surface area (Å²) < 4.78 is 13.8. The molecule has 0 aliphatic carbocycles. The Morgan fingerprint density at radius 1 is 1.39 bits per heavy atom. The molecule has 0 saturated heterocycles. The lowest BCUT2D eigenvalue weighted by Gasteiger charge is -1.97. The van der Waals surface area contributed by atoms with Crippen molar-refractivity contribution in [3.8, 4) is 0 Å². The summed E-state index contributed by atoms with van der Waals surface area (Å²) >= 11 is 6.75. The molecule has 1 heterocycles. The number of alkyl halides is 1. The molecular formula is C13H11ClFNOS. The highest BCUT2D eigenvalue weighted by Gasteiger charge is 2.09. The van der Waals surface area contributed by atoms with E-state index in [1.807, 2.05) is 0 Å². The van der Waals surface area contributed by atoms with Gasteiger partial charge in [0, 0.05) is 17.1 Å². The summed E-state index contributed by atoms with van der Waals surface area (Å²) in [6.07, 6.45) is 3.56. The van der Waals surface area contributed by atoms with Crippen molar-refractivity contribution in [2.75, 3.05) is 12.4 Å². The number of carbonyl (C=O) groups is 1. The summed E-state index contributed by atoms with van der Waals surface area (Å²) in [7, 11) is 0. The Bertz CT molecular complexity index is 594. The first kappa shape index (κ1) is 13.1. The highest BCUT2D eigenvalue weighted by molar-refractivity contribution is 7.20. The molecule has 0 saturated carbocycles. The van der Waals surface area contributed by atoms with Gasteiger partial charge in [-0.15, -0.1) is 22.9 Å². The number of fused-ring (bicyclic) bond motifs is 1. The molecule has 2 aromatic rings. The maximum Gasteiger partial charge on any atom is 0.261 e. The zero-order chi connectivity index (χ0) is 13.0. The van der Waals surface area contributed by atoms with Crippen LogP contribution in [-0.4, -0.2) is 18.3 Å². The SMILES string of the molecule is O=C(NC/C=C/CCl)c1cc2ccc(F)cc2s1. The van der Waals surface area contributed by atoms with Gasteiger partial charge in [0.25, 0.3) is 5.91 Å². The number of thiophene rings is 1. The molecule has 1 amide bonds. The van der Waals surface area contributed by atoms with Gasteiger partial charge in [0.2, 0.25) is 0 Å². The molecule has 0 aliphatic rings. The normalized spacial score (nSPS) is 11.2. The number of carbonyl (C=O) groups excluding carboxylic acids is 1. The third-order valence-corrected chi connectivity index (χ3v) is 3.62. The van der Waals surface area contributed by atoms with Gasteiger partial charge < -0.3 is 5.32 Å². The fourth-order valence-corrected chi connectivity index (χ4v) is 2.63. The number of benzene rings is 1. The molecule has 94 valence electrons. The van der Waals surface area contributed by atoms with E-state index in [-0.39, 0.29) is 11.7 Å². The Hall–Kier alpha value is -1.39. The molecule has 2 rings (SSSR count). The number of hydrogen-bond acceptors (Lipinski definition) is 2. The highest BCUT2D eigenvalue weighted by Crippen LogP contribution is 2.26. The molecule has 18 heavy (non-hydrogen) atoms. The molecule has 0 spiro atoms. The van der Waals surface area contributed by atoms with Crippen LogP contribution in [0.3, 0.4) is 0 Å². The Labute approximate surface area is 113 Å². The second-order valence-corrected chi connectivity index (χ2v) is 5.02. The first-order valence-electron chi connectivity index (χ1n) is 5.39. The smallest absolute Gasteiger partial charge is 0.261 e. The Balaban J connectivity index is 2.11. The summed E-state index contributed by atoms with van der Waals surface area (Å²) in [5.41, 5.74) is 0. The summed E-state index contributed by atoms with van der Waals surface area (Å²) in [4.78, 5) is 12.4. The number of nitrogens with one attached hydrogen (secondary N) is 1. The zero-order valence-corrected chi connectivity index (χ0v) is 11.0. The lowest BCUT2D eigenvalue weighted by atomic mass is 10.2. The average molecular weight is 284 g/mol. The second kappa shape index (κ2) is 5.98. The van der Waals surface area contributed by atoms with Crippen LogP contribution in [0.15, 0.2) is 36.4 Å². The zero-order valence-electron chi connectivity index (χ0n) is 9.45. The molecule has 0 fully saturated rings. The van der Waals surface area contributed by atoms with Gasteiger partial charge in [-0.25, -0.2) is 4.39 Å². The third kappa shape index (κ3) is 3.09. The van der Waals surface area contributed by atoms with E-state index in [9.17, 15) is 9.18 Å². The van der Waals surface area contributed by atoms with Crippen LogP contribution in [0, 0.1) is 5.82 Å². The lowest BCUT2D eigenvalue weighted by molar-refractivity contribution is 0.0962. The molecule has 0 radical (unpaired) electrons. The number of hydrogen-bond donors (Lipinski definition) is 1. The van der Waals surface area contributed by atoms with E-state index in [0.29, 0.717) is 17.3 Å². The standard InChI is InChI=1S/C13H11ClFNOS/c14-5-1-2-6-16-13(17)12-7-9-3-4-10(15)8-11(9)18-12/h1-4,7-8H,5-6H2,(H,16,17)/b2-1+. The van der Waals surface area contributed by atoms with Crippen LogP contribution < -0.4 is 5.32 Å². The van der Waals surface area contributed by atoms with Crippen LogP contribution in [0.2, 0.25) is 0 Å². The summed E-state index contributed by atoms with van der Waals surface area (Å²) in [5.74, 6) is -0.0184. The van der Waals surface area contributed by atoms with E-state index in [1.54, 1.807) is 24.3 Å². The quantitative estimate of drug-likeness (QED) is 0.674. The Morgan fingerprint density at radius 2 is 2.22 bits per heavy atom. The number of halogens is 2. The molecular weight excluding hydrogens is 273 g/mol. The van der Waals surface area contributed by atoms with Crippen LogP contribution >= 0.6 is 22.9 Å². The van der Waals surface area contributed by atoms with Gasteiger partial charge in [-0.3, -0.25) is 4.79 Å². The summed E-state index contributed by atoms with van der Waals surface area (Å²) in [5, 5.41) is 3.62. The van der Waals surface area contributed by atoms with Gasteiger partial charge in [0.15, 0.2) is 0 Å². The predicted molar refractivity (Wildman–Crippen MR) is 74.0 cm³/mol. The molecule has 0 unspecified atom stereocenters. The van der Waals surface area contributed by atoms with Crippen LogP contribution in [0.4, 0.5) is 4.39 Å². The van der Waals surface area contributed by atoms with Gasteiger partial charge in [-0.05, 0) is 23.6 Å². The van der Waals surface area contributed by atoms with Crippen molar-refractivity contribution in [2.45, 2.75) is 0 Å². The molecule has 0 aliphatic heterocycles. The molecule has 5 heteroatoms. The second-order valence-electron chi connectivity index (χ2n) is 3.63. The molecule has 2 nitrogen and oxygen atoms in total. The van der Waals surface area contributed by atoms with Gasteiger partial charge in [-0.2, -0.15) is 0 Å². The Kier molecular flexibility index (Phi) is 4.33. The molecule has 0 atom stereocenters. The highest BCUT2D eigenvalue weighted by atomic mass is 35.5. The first-order valence-corrected chi connectivity index (χ1v) is 6.74. The van der Waals surface area contributed by atoms with Gasteiger partial charge in [-0.1, -0.05) is 18.2 Å². The number of rotatable bonds is 4. The van der Waals surface area contributed by atoms with Crippen LogP contribution in [0.25, 0.3) is 10.1 Å². The molecule has 0 bridgehead atoms. The van der Waals surface area contributed by atoms with Crippen LogP contribution in [-0.2, 0) is 0 Å². The van der Waals surface area contributed by atoms with Crippen molar-refractivity contribution in [2.24, 2.45) is 0 Å². The number of allylic oxidation sites excluding steroid dienone is 1. The monoisotopic (exact) mass is 283 g/mol. The maximum absolute atomic E-state index is 13.0. The van der Waals surface area contributed by atoms with Crippen molar-refractivity contribution in [3.05, 3.63) is 47.1 Å². The van der Waals surface area contributed by atoms with Crippen LogP contribution in [0.1, 0.15) is 9.67 Å². The lowest BCUT2D eigenvalue weighted by Crippen LogP contribution is -2.22. The minimum atomic E-state index is -0.290. The molecule has 1 N–H and O–H groups in total. The fourth-order valence-electron chi connectivity index (χ4n) is 1.50. The first-order chi connectivity index (χ1) is 8.70. The van der Waals surface area contributed by atoms with Crippen molar-refractivity contribution in [1.29, 1.82) is 0 Å². The predicted octanol–water partition coefficient (Wildman–Crippen LogP) is 3.57. The van der Waals surface area contributed by atoms with Crippen molar-refractivity contribution >= 4 is 38.9 Å². The number of amides is 1. The fraction of sp³-hybridized carbons (Fsp3) is 0.154. The van der Waals surface area contributed by atoms with Crippen molar-refractivity contribution < 1.29 is 9.18 Å². The van der Waals surface area contributed by atoms with E-state index in [4.69, 9.17) is 11.6 Å². The minimum absolute atomic E-state index is 0.157. The van der Waals surface area contributed by atoms with Gasteiger partial charge >= 0.3 is 0 Å². The van der Waals surface area contributed by atoms with Gasteiger partial charge in [0.1, 0.15) is 5.82 Å². The topological polar surface area (TPSA) is 29.1 Å². The van der Waals surface area contributed by atoms with Crippen LogP contribution in [0.5, 0.6) is 0 Å². The maximum atomic E-state index is 13.0. The largest absolute Gasteiger partial charge is 0.348 e. The minimum Gasteiger partial charge on any atom is -0.348 e. The molecule has 1 aromatic heterocycles. The third-order valence-electron chi connectivity index (χ3n) is 2.34. The average Bonchev–Trinajstić information content (AvgIpc) is 2.77. The Morgan fingerprint density at radius 3 is 3.00 bits per heavy atom. The van der Waals surface area contributed by atoms with E-state index < -0.39 is 0 Å². The summed E-state index contributed by atoms with van der Waals surface area (Å²) in [6.45, 7) is 0.439. The van der Waals surface area contributed by atoms with E-state index in [2.05, 4.69) is 5.32 Å². The summed E-state index contributed by atoms with van der Waals surface area (Å²) in [6, 6.07) is 6.26. The van der Waals surface area contributed by atoms with E-state index in [1.165, 1.54) is 23.5 Å². The van der Waals surface area contributed by atoms with Gasteiger partial charge in [0.05, 0.1) is 4.88 Å². The van der Waals surface area contributed by atoms with Crippen molar-refractivity contribution in [3.63, 3.8) is 0 Å². The molecule has 1 aromatic carbocycles. The van der Waals surface area contributed by atoms with E-state index in [0.717, 1.165) is 10.1 Å². The van der Waals surface area contributed by atoms with Crippen molar-refractivity contribution in [1.82, 2.24) is 5.32 Å². The van der Waals surface area contributed by atoms with E-state index >= 15 is 0 Å².